The molecule has 3 nitrogen and oxygen atoms in total. The number of aryl methyl sites for hydroxylation is 2. The lowest BCUT2D eigenvalue weighted by Crippen LogP contribution is -2.12. The van der Waals surface area contributed by atoms with Crippen LogP contribution in [-0.2, 0) is 13.0 Å². The van der Waals surface area contributed by atoms with Crippen LogP contribution in [0.5, 0.6) is 0 Å². The number of hydrogen-bond acceptors (Lipinski definition) is 1. The molecule has 1 aromatic heterocycles. The second-order valence-corrected chi connectivity index (χ2v) is 8.48. The number of halogens is 2. The number of fused-ring (bicyclic) bond motifs is 1. The third-order valence-electron chi connectivity index (χ3n) is 5.90. The van der Waals surface area contributed by atoms with Crippen molar-refractivity contribution in [3.8, 4) is 0 Å². The van der Waals surface area contributed by atoms with Gasteiger partial charge in [0.1, 0.15) is 5.82 Å². The average molecular weight is 449 g/mol. The lowest BCUT2D eigenvalue weighted by atomic mass is 10.0. The summed E-state index contributed by atoms with van der Waals surface area (Å²) in [6.45, 7) is 5.24. The summed E-state index contributed by atoms with van der Waals surface area (Å²) in [4.78, 5) is 12.6. The van der Waals surface area contributed by atoms with E-state index in [0.29, 0.717) is 17.1 Å². The first kappa shape index (κ1) is 22.1. The number of alkyl halides is 1. The van der Waals surface area contributed by atoms with Crippen LogP contribution < -0.4 is 5.32 Å². The molecule has 0 aliphatic rings. The maximum absolute atomic E-state index is 13.4. The van der Waals surface area contributed by atoms with Crippen molar-refractivity contribution < 1.29 is 9.18 Å². The minimum atomic E-state index is -0.381. The Balaban J connectivity index is 1.55. The number of amides is 1. The van der Waals surface area contributed by atoms with E-state index in [0.717, 1.165) is 24.9 Å². The van der Waals surface area contributed by atoms with E-state index in [-0.39, 0.29) is 11.7 Å². The zero-order chi connectivity index (χ0) is 22.7. The van der Waals surface area contributed by atoms with Gasteiger partial charge in [0, 0.05) is 40.3 Å². The van der Waals surface area contributed by atoms with Crippen LogP contribution in [0.25, 0.3) is 10.9 Å². The smallest absolute Gasteiger partial charge is 0.255 e. The van der Waals surface area contributed by atoms with Gasteiger partial charge in [0.25, 0.3) is 5.91 Å². The average Bonchev–Trinajstić information content (AvgIpc) is 3.02. The fraction of sp³-hybridized carbons (Fsp3) is 0.222. The van der Waals surface area contributed by atoms with Gasteiger partial charge < -0.3 is 9.88 Å². The molecule has 0 bridgehead atoms. The van der Waals surface area contributed by atoms with E-state index in [1.54, 1.807) is 18.2 Å². The molecule has 0 saturated carbocycles. The standard InChI is InChI=1S/C27H26ClFN2O/c1-18-19(2)31(13-5-12-28)26-11-10-21(16-25(18)26)14-20-6-3-7-22(15-20)27(32)30-24-9-4-8-23(29)17-24/h3-4,6-11,15-17H,5,12-14H2,1-2H3,(H,30,32). The minimum absolute atomic E-state index is 0.254. The third kappa shape index (κ3) is 4.71. The minimum Gasteiger partial charge on any atom is -0.345 e. The number of aromatic nitrogens is 1. The Labute approximate surface area is 192 Å². The van der Waals surface area contributed by atoms with Gasteiger partial charge in [-0.1, -0.05) is 24.3 Å². The molecule has 0 saturated heterocycles. The van der Waals surface area contributed by atoms with Crippen LogP contribution in [0.1, 0.15) is 39.2 Å². The van der Waals surface area contributed by atoms with Gasteiger partial charge in [-0.25, -0.2) is 4.39 Å². The number of rotatable bonds is 7. The van der Waals surface area contributed by atoms with Gasteiger partial charge in [0.05, 0.1) is 0 Å². The van der Waals surface area contributed by atoms with Gasteiger partial charge in [0.2, 0.25) is 0 Å². The Bertz CT molecular complexity index is 1280. The zero-order valence-electron chi connectivity index (χ0n) is 18.3. The molecule has 32 heavy (non-hydrogen) atoms. The molecule has 164 valence electrons. The molecule has 1 amide bonds. The van der Waals surface area contributed by atoms with Crippen molar-refractivity contribution in [2.24, 2.45) is 0 Å². The van der Waals surface area contributed by atoms with Crippen molar-refractivity contribution in [3.05, 3.63) is 100 Å². The Hall–Kier alpha value is -3.11. The summed E-state index contributed by atoms with van der Waals surface area (Å²) in [5.41, 5.74) is 7.03. The van der Waals surface area contributed by atoms with E-state index >= 15 is 0 Å². The highest BCUT2D eigenvalue weighted by molar-refractivity contribution is 6.17. The normalized spacial score (nSPS) is 11.1. The molecule has 0 spiro atoms. The number of anilines is 1. The number of carbonyl (C=O) groups is 1. The summed E-state index contributed by atoms with van der Waals surface area (Å²) in [6, 6.07) is 20.0. The zero-order valence-corrected chi connectivity index (χ0v) is 19.0. The largest absolute Gasteiger partial charge is 0.345 e. The first-order valence-electron chi connectivity index (χ1n) is 10.8. The summed E-state index contributed by atoms with van der Waals surface area (Å²) in [5, 5.41) is 4.02. The fourth-order valence-corrected chi connectivity index (χ4v) is 4.26. The lowest BCUT2D eigenvalue weighted by molar-refractivity contribution is 0.102. The maximum Gasteiger partial charge on any atom is 0.255 e. The quantitative estimate of drug-likeness (QED) is 0.307. The van der Waals surface area contributed by atoms with Crippen LogP contribution in [0.3, 0.4) is 0 Å². The fourth-order valence-electron chi connectivity index (χ4n) is 4.14. The Morgan fingerprint density at radius 3 is 2.56 bits per heavy atom. The van der Waals surface area contributed by atoms with Crippen LogP contribution in [-0.4, -0.2) is 16.4 Å². The van der Waals surface area contributed by atoms with Gasteiger partial charge in [0.15, 0.2) is 0 Å². The molecule has 0 radical (unpaired) electrons. The van der Waals surface area contributed by atoms with Crippen LogP contribution in [0.2, 0.25) is 0 Å². The summed E-state index contributed by atoms with van der Waals surface area (Å²) >= 11 is 5.91. The number of nitrogens with one attached hydrogen (secondary N) is 1. The van der Waals surface area contributed by atoms with Gasteiger partial charge in [-0.3, -0.25) is 4.79 Å². The number of nitrogens with zero attached hydrogens (tertiary/aromatic N) is 1. The summed E-state index contributed by atoms with van der Waals surface area (Å²) < 4.78 is 15.7. The highest BCUT2D eigenvalue weighted by Gasteiger charge is 2.12. The molecule has 0 aliphatic heterocycles. The first-order valence-corrected chi connectivity index (χ1v) is 11.3. The van der Waals surface area contributed by atoms with Crippen LogP contribution in [0, 0.1) is 19.7 Å². The highest BCUT2D eigenvalue weighted by atomic mass is 35.5. The van der Waals surface area contributed by atoms with E-state index in [4.69, 9.17) is 11.6 Å². The van der Waals surface area contributed by atoms with Crippen LogP contribution in [0.4, 0.5) is 10.1 Å². The van der Waals surface area contributed by atoms with E-state index in [2.05, 4.69) is 41.9 Å². The predicted molar refractivity (Wildman–Crippen MR) is 130 cm³/mol. The third-order valence-corrected chi connectivity index (χ3v) is 6.17. The van der Waals surface area contributed by atoms with E-state index in [9.17, 15) is 9.18 Å². The second kappa shape index (κ2) is 9.58. The van der Waals surface area contributed by atoms with Gasteiger partial charge >= 0.3 is 0 Å². The Morgan fingerprint density at radius 2 is 1.78 bits per heavy atom. The molecule has 3 aromatic carbocycles. The summed E-state index contributed by atoms with van der Waals surface area (Å²) in [5.74, 6) is 0.0176. The van der Waals surface area contributed by atoms with Crippen molar-refractivity contribution in [2.75, 3.05) is 11.2 Å². The summed E-state index contributed by atoms with van der Waals surface area (Å²) in [6.07, 6.45) is 1.67. The molecular weight excluding hydrogens is 423 g/mol. The van der Waals surface area contributed by atoms with Crippen LogP contribution in [0.15, 0.2) is 66.7 Å². The first-order chi connectivity index (χ1) is 15.5. The van der Waals surface area contributed by atoms with E-state index < -0.39 is 0 Å². The SMILES string of the molecule is Cc1c(C)n(CCCCl)c2ccc(Cc3cccc(C(=O)Nc4cccc(F)c4)c3)cc12. The number of benzene rings is 3. The lowest BCUT2D eigenvalue weighted by Gasteiger charge is -2.09. The highest BCUT2D eigenvalue weighted by Crippen LogP contribution is 2.27. The molecule has 0 fully saturated rings. The van der Waals surface area contributed by atoms with Crippen LogP contribution >= 0.6 is 11.6 Å². The van der Waals surface area contributed by atoms with E-state index in [1.165, 1.54) is 39.9 Å². The van der Waals surface area contributed by atoms with Gasteiger partial charge in [-0.2, -0.15) is 0 Å². The molecule has 1 heterocycles. The van der Waals surface area contributed by atoms with Crippen molar-refractivity contribution in [1.29, 1.82) is 0 Å². The molecule has 0 atom stereocenters. The molecule has 4 rings (SSSR count). The topological polar surface area (TPSA) is 34.0 Å². The second-order valence-electron chi connectivity index (χ2n) is 8.10. The molecule has 4 aromatic rings. The molecule has 5 heteroatoms. The number of carbonyl (C=O) groups excluding carboxylic acids is 1. The van der Waals surface area contributed by atoms with E-state index in [1.807, 2.05) is 18.2 Å². The summed E-state index contributed by atoms with van der Waals surface area (Å²) in [7, 11) is 0. The van der Waals surface area contributed by atoms with Crippen molar-refractivity contribution in [3.63, 3.8) is 0 Å². The van der Waals surface area contributed by atoms with Crippen molar-refractivity contribution >= 4 is 34.1 Å². The maximum atomic E-state index is 13.4. The Morgan fingerprint density at radius 1 is 1.00 bits per heavy atom. The van der Waals surface area contributed by atoms with Gasteiger partial charge in [-0.05, 0) is 85.8 Å². The van der Waals surface area contributed by atoms with Crippen molar-refractivity contribution in [1.82, 2.24) is 4.57 Å². The molecule has 1 N–H and O–H groups in total. The predicted octanol–water partition coefficient (Wildman–Crippen LogP) is 6.87. The Kier molecular flexibility index (Phi) is 6.61. The molecular formula is C27H26ClFN2O. The van der Waals surface area contributed by atoms with Crippen molar-refractivity contribution in [2.45, 2.75) is 33.2 Å². The number of hydrogen-bond donors (Lipinski definition) is 1. The van der Waals surface area contributed by atoms with Gasteiger partial charge in [-0.15, -0.1) is 11.6 Å². The molecule has 0 unspecified atom stereocenters. The molecule has 0 aliphatic carbocycles. The monoisotopic (exact) mass is 448 g/mol.